The molecule has 0 saturated carbocycles. The molecule has 0 radical (unpaired) electrons. The highest BCUT2D eigenvalue weighted by atomic mass is 16.1. The van der Waals surface area contributed by atoms with Crippen LogP contribution in [0.25, 0.3) is 10.9 Å². The second kappa shape index (κ2) is 4.82. The second-order valence-electron chi connectivity index (χ2n) is 5.63. The maximum atomic E-state index is 12.8. The fraction of sp³-hybridized carbons (Fsp3) is 0.438. The van der Waals surface area contributed by atoms with E-state index in [4.69, 9.17) is 0 Å². The smallest absolute Gasteiger partial charge is 0.184 e. The highest BCUT2D eigenvalue weighted by Crippen LogP contribution is 2.26. The fourth-order valence-electron chi connectivity index (χ4n) is 2.22. The van der Waals surface area contributed by atoms with Gasteiger partial charge in [-0.25, -0.2) is 0 Å². The number of Topliss-reactive ketones (excluding diaryl/α,β-unsaturated/α-hetero) is 1. The molecule has 0 aliphatic carbocycles. The first-order valence-corrected chi connectivity index (χ1v) is 6.69. The number of nitrogens with zero attached hydrogens (tertiary/aromatic N) is 2. The summed E-state index contributed by atoms with van der Waals surface area (Å²) in [6, 6.07) is 8.10. The standard InChI is InChI=1S/C16H22N2O/c1-6-18-11-13(12-9-7-8-10-14(12)18)15(19)16(2,3)17(4)5/h7-11H,6H2,1-5H3. The van der Waals surface area contributed by atoms with Crippen molar-refractivity contribution in [3.63, 3.8) is 0 Å². The molecule has 0 saturated heterocycles. The van der Waals surface area contributed by atoms with Gasteiger partial charge in [0.05, 0.1) is 5.54 Å². The van der Waals surface area contributed by atoms with E-state index in [0.717, 1.165) is 23.0 Å². The molecule has 0 bridgehead atoms. The molecule has 0 fully saturated rings. The maximum Gasteiger partial charge on any atom is 0.184 e. The zero-order valence-electron chi connectivity index (χ0n) is 12.4. The monoisotopic (exact) mass is 258 g/mol. The van der Waals surface area contributed by atoms with Crippen LogP contribution in [0, 0.1) is 0 Å². The molecular formula is C16H22N2O. The lowest BCUT2D eigenvalue weighted by molar-refractivity contribution is 0.0757. The molecule has 19 heavy (non-hydrogen) atoms. The Labute approximate surface area is 114 Å². The van der Waals surface area contributed by atoms with Gasteiger partial charge in [0, 0.05) is 29.2 Å². The molecule has 3 nitrogen and oxygen atoms in total. The third kappa shape index (κ3) is 2.19. The van der Waals surface area contributed by atoms with Crippen molar-refractivity contribution in [2.75, 3.05) is 14.1 Å². The van der Waals surface area contributed by atoms with Gasteiger partial charge in [-0.05, 0) is 40.9 Å². The first-order valence-electron chi connectivity index (χ1n) is 6.69. The van der Waals surface area contributed by atoms with Crippen molar-refractivity contribution in [1.29, 1.82) is 0 Å². The Kier molecular flexibility index (Phi) is 3.50. The third-order valence-electron chi connectivity index (χ3n) is 4.05. The highest BCUT2D eigenvalue weighted by Gasteiger charge is 2.32. The molecule has 1 aromatic carbocycles. The van der Waals surface area contributed by atoms with Gasteiger partial charge in [-0.2, -0.15) is 0 Å². The Bertz CT molecular complexity index is 608. The Morgan fingerprint density at radius 1 is 1.26 bits per heavy atom. The number of carbonyl (C=O) groups excluding carboxylic acids is 1. The first-order chi connectivity index (χ1) is 8.89. The predicted molar refractivity (Wildman–Crippen MR) is 79.7 cm³/mol. The summed E-state index contributed by atoms with van der Waals surface area (Å²) in [5.41, 5.74) is 1.45. The molecule has 2 aromatic rings. The number of likely N-dealkylation sites (N-methyl/N-ethyl adjacent to an activating group) is 1. The van der Waals surface area contributed by atoms with Crippen LogP contribution < -0.4 is 0 Å². The Balaban J connectivity index is 2.61. The minimum absolute atomic E-state index is 0.168. The van der Waals surface area contributed by atoms with E-state index in [1.807, 2.05) is 57.2 Å². The van der Waals surface area contributed by atoms with E-state index < -0.39 is 5.54 Å². The quantitative estimate of drug-likeness (QED) is 0.787. The van der Waals surface area contributed by atoms with Crippen LogP contribution in [0.4, 0.5) is 0 Å². The average molecular weight is 258 g/mol. The fourth-order valence-corrected chi connectivity index (χ4v) is 2.22. The molecule has 3 heteroatoms. The van der Waals surface area contributed by atoms with Crippen molar-refractivity contribution >= 4 is 16.7 Å². The number of ketones is 1. The van der Waals surface area contributed by atoms with Crippen LogP contribution in [0.5, 0.6) is 0 Å². The number of carbonyl (C=O) groups is 1. The van der Waals surface area contributed by atoms with Gasteiger partial charge in [0.2, 0.25) is 0 Å². The van der Waals surface area contributed by atoms with Crippen molar-refractivity contribution in [2.45, 2.75) is 32.9 Å². The van der Waals surface area contributed by atoms with E-state index in [-0.39, 0.29) is 5.78 Å². The number of para-hydroxylation sites is 1. The lowest BCUT2D eigenvalue weighted by Crippen LogP contribution is -2.45. The lowest BCUT2D eigenvalue weighted by atomic mass is 9.92. The number of aromatic nitrogens is 1. The molecule has 0 amide bonds. The normalized spacial score (nSPS) is 12.3. The first kappa shape index (κ1) is 13.8. The summed E-state index contributed by atoms with van der Waals surface area (Å²) in [4.78, 5) is 14.8. The molecule has 1 aromatic heterocycles. The Morgan fingerprint density at radius 2 is 1.89 bits per heavy atom. The van der Waals surface area contributed by atoms with Gasteiger partial charge in [-0.3, -0.25) is 9.69 Å². The van der Waals surface area contributed by atoms with Gasteiger partial charge < -0.3 is 4.57 Å². The van der Waals surface area contributed by atoms with E-state index in [1.54, 1.807) is 0 Å². The van der Waals surface area contributed by atoms with E-state index in [2.05, 4.69) is 17.6 Å². The Morgan fingerprint density at radius 3 is 2.47 bits per heavy atom. The molecule has 0 unspecified atom stereocenters. The third-order valence-corrected chi connectivity index (χ3v) is 4.05. The largest absolute Gasteiger partial charge is 0.347 e. The summed E-state index contributed by atoms with van der Waals surface area (Å²) in [6.45, 7) is 6.90. The zero-order chi connectivity index (χ0) is 14.2. The number of hydrogen-bond donors (Lipinski definition) is 0. The molecule has 0 atom stereocenters. The van der Waals surface area contributed by atoms with E-state index in [1.165, 1.54) is 0 Å². The van der Waals surface area contributed by atoms with Gasteiger partial charge in [-0.1, -0.05) is 18.2 Å². The molecule has 0 aliphatic rings. The van der Waals surface area contributed by atoms with Gasteiger partial charge in [0.15, 0.2) is 5.78 Å². The summed E-state index contributed by atoms with van der Waals surface area (Å²) >= 11 is 0. The molecular weight excluding hydrogens is 236 g/mol. The average Bonchev–Trinajstić information content (AvgIpc) is 2.76. The van der Waals surface area contributed by atoms with Gasteiger partial charge in [0.25, 0.3) is 0 Å². The van der Waals surface area contributed by atoms with Gasteiger partial charge in [-0.15, -0.1) is 0 Å². The van der Waals surface area contributed by atoms with Crippen molar-refractivity contribution in [2.24, 2.45) is 0 Å². The molecule has 1 heterocycles. The minimum atomic E-state index is -0.497. The topological polar surface area (TPSA) is 25.2 Å². The molecule has 2 rings (SSSR count). The summed E-state index contributed by atoms with van der Waals surface area (Å²) in [5, 5.41) is 1.05. The van der Waals surface area contributed by atoms with Crippen LogP contribution in [-0.4, -0.2) is 34.9 Å². The number of aryl methyl sites for hydroxylation is 1. The Hall–Kier alpha value is -1.61. The number of hydrogen-bond acceptors (Lipinski definition) is 2. The van der Waals surface area contributed by atoms with Gasteiger partial charge >= 0.3 is 0 Å². The molecule has 102 valence electrons. The maximum absolute atomic E-state index is 12.8. The van der Waals surface area contributed by atoms with Crippen LogP contribution in [0.3, 0.4) is 0 Å². The van der Waals surface area contributed by atoms with Crippen LogP contribution >= 0.6 is 0 Å². The van der Waals surface area contributed by atoms with Crippen molar-refractivity contribution in [3.8, 4) is 0 Å². The summed E-state index contributed by atoms with van der Waals surface area (Å²) in [7, 11) is 3.88. The van der Waals surface area contributed by atoms with E-state index >= 15 is 0 Å². The predicted octanol–water partition coefficient (Wildman–Crippen LogP) is 3.18. The number of benzene rings is 1. The van der Waals surface area contributed by atoms with E-state index in [0.29, 0.717) is 0 Å². The van der Waals surface area contributed by atoms with Crippen LogP contribution in [-0.2, 0) is 6.54 Å². The summed E-state index contributed by atoms with van der Waals surface area (Å²) in [6.07, 6.45) is 1.98. The van der Waals surface area contributed by atoms with Crippen molar-refractivity contribution in [3.05, 3.63) is 36.0 Å². The van der Waals surface area contributed by atoms with Crippen LogP contribution in [0.15, 0.2) is 30.5 Å². The number of fused-ring (bicyclic) bond motifs is 1. The highest BCUT2D eigenvalue weighted by molar-refractivity contribution is 6.12. The minimum Gasteiger partial charge on any atom is -0.347 e. The zero-order valence-corrected chi connectivity index (χ0v) is 12.4. The lowest BCUT2D eigenvalue weighted by Gasteiger charge is -2.30. The van der Waals surface area contributed by atoms with Gasteiger partial charge in [0.1, 0.15) is 0 Å². The van der Waals surface area contributed by atoms with E-state index in [9.17, 15) is 4.79 Å². The molecule has 0 N–H and O–H groups in total. The van der Waals surface area contributed by atoms with Crippen LogP contribution in [0.2, 0.25) is 0 Å². The molecule has 0 spiro atoms. The van der Waals surface area contributed by atoms with Crippen molar-refractivity contribution < 1.29 is 4.79 Å². The summed E-state index contributed by atoms with van der Waals surface area (Å²) in [5.74, 6) is 0.168. The SMILES string of the molecule is CCn1cc(C(=O)C(C)(C)N(C)C)c2ccccc21. The summed E-state index contributed by atoms with van der Waals surface area (Å²) < 4.78 is 2.13. The molecule has 0 aliphatic heterocycles. The van der Waals surface area contributed by atoms with Crippen molar-refractivity contribution in [1.82, 2.24) is 9.47 Å². The van der Waals surface area contributed by atoms with Crippen LogP contribution in [0.1, 0.15) is 31.1 Å². The number of rotatable bonds is 4. The second-order valence-corrected chi connectivity index (χ2v) is 5.63.